The molecule has 3 rings (SSSR count). The Bertz CT molecular complexity index is 358. The van der Waals surface area contributed by atoms with Crippen molar-refractivity contribution in [2.45, 2.75) is 31.3 Å². The molecule has 2 heteroatoms. The zero-order valence-electron chi connectivity index (χ0n) is 9.61. The van der Waals surface area contributed by atoms with E-state index in [1.807, 2.05) is 0 Å². The Kier molecular flexibility index (Phi) is 2.94. The first-order chi connectivity index (χ1) is 7.93. The van der Waals surface area contributed by atoms with Crippen molar-refractivity contribution in [3.05, 3.63) is 35.4 Å². The van der Waals surface area contributed by atoms with Crippen molar-refractivity contribution in [2.75, 3.05) is 19.7 Å². The third-order valence-electron chi connectivity index (χ3n) is 3.75. The van der Waals surface area contributed by atoms with Crippen LogP contribution in [0.3, 0.4) is 0 Å². The summed E-state index contributed by atoms with van der Waals surface area (Å²) in [4.78, 5) is 0. The second-order valence-electron chi connectivity index (χ2n) is 4.90. The topological polar surface area (TPSA) is 21.3 Å². The molecular formula is C14H19NO. The highest BCUT2D eigenvalue weighted by Gasteiger charge is 2.26. The standard InChI is InChI=1S/C14H19NO/c1-2-6-14-11(4-1)8-12(14)10-16-13-5-3-7-15-9-13/h1-2,4,6,12-13,15H,3,5,7-10H2. The molecule has 2 unspecified atom stereocenters. The van der Waals surface area contributed by atoms with Crippen LogP contribution in [0.15, 0.2) is 24.3 Å². The highest BCUT2D eigenvalue weighted by molar-refractivity contribution is 5.39. The van der Waals surface area contributed by atoms with Gasteiger partial charge in [0.1, 0.15) is 0 Å². The molecule has 1 aromatic rings. The molecule has 1 aliphatic heterocycles. The quantitative estimate of drug-likeness (QED) is 0.837. The zero-order valence-corrected chi connectivity index (χ0v) is 9.61. The number of piperidine rings is 1. The van der Waals surface area contributed by atoms with Crippen LogP contribution < -0.4 is 5.32 Å². The van der Waals surface area contributed by atoms with Crippen LogP contribution in [-0.4, -0.2) is 25.8 Å². The maximum atomic E-state index is 5.98. The lowest BCUT2D eigenvalue weighted by atomic mass is 9.78. The van der Waals surface area contributed by atoms with E-state index in [1.165, 1.54) is 30.4 Å². The van der Waals surface area contributed by atoms with Gasteiger partial charge in [-0.1, -0.05) is 24.3 Å². The minimum absolute atomic E-state index is 0.446. The smallest absolute Gasteiger partial charge is 0.0700 e. The first kappa shape index (κ1) is 10.3. The predicted molar refractivity (Wildman–Crippen MR) is 64.7 cm³/mol. The zero-order chi connectivity index (χ0) is 10.8. The molecule has 1 N–H and O–H groups in total. The van der Waals surface area contributed by atoms with E-state index in [-0.39, 0.29) is 0 Å². The monoisotopic (exact) mass is 217 g/mol. The molecule has 2 aliphatic rings. The molecule has 0 spiro atoms. The molecule has 2 atom stereocenters. The van der Waals surface area contributed by atoms with Crippen LogP contribution in [-0.2, 0) is 11.2 Å². The van der Waals surface area contributed by atoms with E-state index in [2.05, 4.69) is 29.6 Å². The van der Waals surface area contributed by atoms with E-state index in [0.29, 0.717) is 12.0 Å². The van der Waals surface area contributed by atoms with Crippen molar-refractivity contribution in [1.82, 2.24) is 5.32 Å². The maximum Gasteiger partial charge on any atom is 0.0700 e. The average molecular weight is 217 g/mol. The van der Waals surface area contributed by atoms with Gasteiger partial charge < -0.3 is 10.1 Å². The van der Waals surface area contributed by atoms with Crippen LogP contribution in [0.4, 0.5) is 0 Å². The number of hydrogen-bond acceptors (Lipinski definition) is 2. The highest BCUT2D eigenvalue weighted by atomic mass is 16.5. The summed E-state index contributed by atoms with van der Waals surface area (Å²) in [6.07, 6.45) is 4.13. The summed E-state index contributed by atoms with van der Waals surface area (Å²) in [5.41, 5.74) is 3.02. The fourth-order valence-corrected chi connectivity index (χ4v) is 2.73. The van der Waals surface area contributed by atoms with Gasteiger partial charge in [-0.05, 0) is 36.9 Å². The molecule has 0 radical (unpaired) electrons. The second-order valence-corrected chi connectivity index (χ2v) is 4.90. The lowest BCUT2D eigenvalue weighted by Gasteiger charge is -2.32. The van der Waals surface area contributed by atoms with E-state index in [0.717, 1.165) is 19.7 Å². The minimum Gasteiger partial charge on any atom is -0.376 e. The van der Waals surface area contributed by atoms with Crippen LogP contribution in [0.25, 0.3) is 0 Å². The lowest BCUT2D eigenvalue weighted by Crippen LogP contribution is -2.36. The van der Waals surface area contributed by atoms with Crippen molar-refractivity contribution >= 4 is 0 Å². The number of nitrogens with one attached hydrogen (secondary N) is 1. The van der Waals surface area contributed by atoms with Gasteiger partial charge in [0.05, 0.1) is 12.7 Å². The summed E-state index contributed by atoms with van der Waals surface area (Å²) >= 11 is 0. The van der Waals surface area contributed by atoms with Crippen molar-refractivity contribution in [2.24, 2.45) is 0 Å². The summed E-state index contributed by atoms with van der Waals surface area (Å²) in [6.45, 7) is 3.10. The van der Waals surface area contributed by atoms with Crippen LogP contribution in [0.1, 0.15) is 29.9 Å². The van der Waals surface area contributed by atoms with E-state index >= 15 is 0 Å². The van der Waals surface area contributed by atoms with Gasteiger partial charge in [0, 0.05) is 12.5 Å². The van der Waals surface area contributed by atoms with E-state index in [1.54, 1.807) is 0 Å². The largest absolute Gasteiger partial charge is 0.376 e. The molecule has 86 valence electrons. The molecule has 0 amide bonds. The fraction of sp³-hybridized carbons (Fsp3) is 0.571. The summed E-state index contributed by atoms with van der Waals surface area (Å²) in [6, 6.07) is 8.73. The minimum atomic E-state index is 0.446. The Morgan fingerprint density at radius 2 is 2.25 bits per heavy atom. The number of fused-ring (bicyclic) bond motifs is 1. The third-order valence-corrected chi connectivity index (χ3v) is 3.75. The number of ether oxygens (including phenoxy) is 1. The summed E-state index contributed by atoms with van der Waals surface area (Å²) in [7, 11) is 0. The normalized spacial score (nSPS) is 28.2. The molecule has 1 saturated heterocycles. The van der Waals surface area contributed by atoms with E-state index in [9.17, 15) is 0 Å². The Morgan fingerprint density at radius 3 is 3.06 bits per heavy atom. The summed E-state index contributed by atoms with van der Waals surface area (Å²) < 4.78 is 5.98. The van der Waals surface area contributed by atoms with Crippen molar-refractivity contribution < 1.29 is 4.74 Å². The van der Waals surface area contributed by atoms with Crippen LogP contribution in [0.5, 0.6) is 0 Å². The maximum absolute atomic E-state index is 5.98. The van der Waals surface area contributed by atoms with E-state index < -0.39 is 0 Å². The van der Waals surface area contributed by atoms with E-state index in [4.69, 9.17) is 4.74 Å². The molecule has 0 aromatic heterocycles. The molecule has 0 bridgehead atoms. The Hall–Kier alpha value is -0.860. The fourth-order valence-electron chi connectivity index (χ4n) is 2.73. The van der Waals surface area contributed by atoms with Gasteiger partial charge in [-0.15, -0.1) is 0 Å². The Labute approximate surface area is 97.0 Å². The van der Waals surface area contributed by atoms with Crippen molar-refractivity contribution in [3.63, 3.8) is 0 Å². The molecule has 1 heterocycles. The molecular weight excluding hydrogens is 198 g/mol. The van der Waals surface area contributed by atoms with Gasteiger partial charge >= 0.3 is 0 Å². The SMILES string of the molecule is c1ccc2c(c1)CC2COC1CCCNC1. The van der Waals surface area contributed by atoms with Gasteiger partial charge in [0.15, 0.2) is 0 Å². The van der Waals surface area contributed by atoms with Crippen LogP contribution in [0.2, 0.25) is 0 Å². The second kappa shape index (κ2) is 4.56. The van der Waals surface area contributed by atoms with Crippen LogP contribution >= 0.6 is 0 Å². The predicted octanol–water partition coefficient (Wildman–Crippen LogP) is 2.09. The summed E-state index contributed by atoms with van der Waals surface area (Å²) in [5, 5.41) is 3.39. The molecule has 0 saturated carbocycles. The molecule has 1 aliphatic carbocycles. The van der Waals surface area contributed by atoms with Gasteiger partial charge in [-0.25, -0.2) is 0 Å². The summed E-state index contributed by atoms with van der Waals surface area (Å²) in [5.74, 6) is 0.651. The molecule has 16 heavy (non-hydrogen) atoms. The van der Waals surface area contributed by atoms with Crippen molar-refractivity contribution in [1.29, 1.82) is 0 Å². The average Bonchev–Trinajstić information content (AvgIpc) is 2.32. The molecule has 2 nitrogen and oxygen atoms in total. The van der Waals surface area contributed by atoms with Gasteiger partial charge in [0.2, 0.25) is 0 Å². The van der Waals surface area contributed by atoms with Gasteiger partial charge in [-0.2, -0.15) is 0 Å². The Morgan fingerprint density at radius 1 is 1.31 bits per heavy atom. The number of hydrogen-bond donors (Lipinski definition) is 1. The third kappa shape index (κ3) is 2.00. The first-order valence-electron chi connectivity index (χ1n) is 6.33. The molecule has 1 fully saturated rings. The Balaban J connectivity index is 1.50. The highest BCUT2D eigenvalue weighted by Crippen LogP contribution is 2.35. The first-order valence-corrected chi connectivity index (χ1v) is 6.33. The van der Waals surface area contributed by atoms with Gasteiger partial charge in [0.25, 0.3) is 0 Å². The lowest BCUT2D eigenvalue weighted by molar-refractivity contribution is 0.0252. The number of benzene rings is 1. The molecule has 1 aromatic carbocycles. The number of rotatable bonds is 3. The van der Waals surface area contributed by atoms with Gasteiger partial charge in [-0.3, -0.25) is 0 Å². The van der Waals surface area contributed by atoms with Crippen LogP contribution in [0, 0.1) is 0 Å². The van der Waals surface area contributed by atoms with Crippen molar-refractivity contribution in [3.8, 4) is 0 Å².